The molecule has 828 valence electrons. The molecule has 0 radical (unpaired) electrons. The minimum absolute atomic E-state index is 0. The molecule has 1 aliphatic rings. The maximum absolute atomic E-state index is 12.6. The molecule has 1 aliphatic heterocycles. The minimum atomic E-state index is -1.59. The summed E-state index contributed by atoms with van der Waals surface area (Å²) in [4.78, 5) is 37.6. The summed E-state index contributed by atoms with van der Waals surface area (Å²) in [5.74, 6) is -0.609. The van der Waals surface area contributed by atoms with Crippen LogP contribution in [0.4, 0.5) is 0 Å². The Labute approximate surface area is 844 Å². The van der Waals surface area contributed by atoms with Crippen LogP contribution in [0.1, 0.15) is 537 Å². The highest BCUT2D eigenvalue weighted by atomic mass is 16.7. The Kier molecular flexibility index (Phi) is 106. The van der Waals surface area contributed by atoms with Gasteiger partial charge in [-0.2, -0.15) is 0 Å². The predicted octanol–water partition coefficient (Wildman–Crippen LogP) is 20.3. The lowest BCUT2D eigenvalue weighted by Gasteiger charge is -2.40. The summed E-state index contributed by atoms with van der Waals surface area (Å²) < 4.78 is 21.7. The number of nitrogens with one attached hydrogen (secondary N) is 3. The van der Waals surface area contributed by atoms with Gasteiger partial charge in [-0.05, 0) is 38.5 Å². The third-order valence-corrected chi connectivity index (χ3v) is 27.6. The van der Waals surface area contributed by atoms with Crippen LogP contribution in [0.3, 0.4) is 0 Å². The molecule has 0 bridgehead atoms. The van der Waals surface area contributed by atoms with E-state index in [1.165, 1.54) is 385 Å². The molecule has 1 heterocycles. The molecule has 1 rings (SSSR count). The van der Waals surface area contributed by atoms with E-state index >= 15 is 0 Å². The largest absolute Gasteiger partial charge is 0.394 e. The van der Waals surface area contributed by atoms with Gasteiger partial charge in [0.1, 0.15) is 67.1 Å². The Hall–Kier alpha value is -2.39. The molecular formula is C112H227N3O23. The summed E-state index contributed by atoms with van der Waals surface area (Å²) >= 11 is 0. The molecule has 138 heavy (non-hydrogen) atoms. The van der Waals surface area contributed by atoms with Gasteiger partial charge in [-0.15, -0.1) is 0 Å². The van der Waals surface area contributed by atoms with Gasteiger partial charge in [0.25, 0.3) is 0 Å². The first-order chi connectivity index (χ1) is 66.5. The number of hydrogen-bond donors (Lipinski definition) is 19. The molecule has 18 atom stereocenters. The molecule has 1 fully saturated rings. The van der Waals surface area contributed by atoms with Crippen LogP contribution in [0, 0.1) is 0 Å². The summed E-state index contributed by atoms with van der Waals surface area (Å²) in [7, 11) is 0. The normalized spacial score (nSPS) is 17.8. The second-order valence-corrected chi connectivity index (χ2v) is 40.6. The summed E-state index contributed by atoms with van der Waals surface area (Å²) in [6.07, 6.45) is 74.6. The molecule has 3 amide bonds. The third-order valence-electron chi connectivity index (χ3n) is 27.6. The lowest BCUT2D eigenvalue weighted by Crippen LogP contribution is -2.60. The quantitative estimate of drug-likeness (QED) is 0.0251. The van der Waals surface area contributed by atoms with Crippen LogP contribution in [0.15, 0.2) is 0 Å². The van der Waals surface area contributed by atoms with Crippen LogP contribution >= 0.6 is 0 Å². The summed E-state index contributed by atoms with van der Waals surface area (Å²) in [6.45, 7) is 9.26. The first kappa shape index (κ1) is 140. The van der Waals surface area contributed by atoms with Crippen LogP contribution in [0.25, 0.3) is 0 Å². The number of unbranched alkanes of at least 4 members (excludes halogenated alkanes) is 66. The van der Waals surface area contributed by atoms with E-state index in [1.807, 2.05) is 6.92 Å². The number of hydrogen-bond acceptors (Lipinski definition) is 23. The van der Waals surface area contributed by atoms with Crippen LogP contribution in [-0.4, -0.2) is 262 Å². The van der Waals surface area contributed by atoms with E-state index in [2.05, 4.69) is 36.7 Å². The zero-order chi connectivity index (χ0) is 101. The molecule has 0 saturated carbocycles. The van der Waals surface area contributed by atoms with Crippen molar-refractivity contribution in [2.45, 2.75) is 647 Å². The fourth-order valence-electron chi connectivity index (χ4n) is 18.0. The van der Waals surface area contributed by atoms with Gasteiger partial charge in [0.2, 0.25) is 17.7 Å². The number of amides is 3. The fourth-order valence-corrected chi connectivity index (χ4v) is 18.0. The maximum Gasteiger partial charge on any atom is 0.220 e. The molecule has 18 unspecified atom stereocenters. The lowest BCUT2D eigenvalue weighted by atomic mass is 9.99. The Balaban J connectivity index is -0.00000198. The van der Waals surface area contributed by atoms with Gasteiger partial charge >= 0.3 is 0 Å². The predicted molar refractivity (Wildman–Crippen MR) is 563 cm³/mol. The first-order valence-electron chi connectivity index (χ1n) is 57.5. The average molecular weight is 1980 g/mol. The summed E-state index contributed by atoms with van der Waals surface area (Å²) in [6, 6.07) is -2.43. The minimum Gasteiger partial charge on any atom is -0.394 e. The summed E-state index contributed by atoms with van der Waals surface area (Å²) in [5.41, 5.74) is 0. The number of carbonyl (C=O) groups excluding carboxylic acids is 3. The molecule has 0 aromatic heterocycles. The molecule has 19 N–H and O–H groups in total. The van der Waals surface area contributed by atoms with Crippen molar-refractivity contribution >= 4 is 17.7 Å². The van der Waals surface area contributed by atoms with Crippen LogP contribution < -0.4 is 16.0 Å². The fraction of sp³-hybridized carbons (Fsp3) is 0.973. The molecule has 26 nitrogen and oxygen atoms in total. The number of rotatable bonds is 101. The Morgan fingerprint density at radius 3 is 0.725 bits per heavy atom. The molecule has 0 aromatic carbocycles. The Morgan fingerprint density at radius 2 is 0.493 bits per heavy atom. The van der Waals surface area contributed by atoms with E-state index in [-0.39, 0.29) is 64.6 Å². The van der Waals surface area contributed by atoms with E-state index in [4.69, 9.17) is 29.2 Å². The van der Waals surface area contributed by atoms with Gasteiger partial charge in [-0.3, -0.25) is 14.4 Å². The second-order valence-electron chi connectivity index (χ2n) is 40.6. The van der Waals surface area contributed by atoms with E-state index < -0.39 is 130 Å². The third kappa shape index (κ3) is 84.6. The van der Waals surface area contributed by atoms with Gasteiger partial charge in [-0.25, -0.2) is 0 Å². The van der Waals surface area contributed by atoms with Crippen LogP contribution in [0.2, 0.25) is 0 Å². The van der Waals surface area contributed by atoms with E-state index in [0.717, 1.165) is 57.8 Å². The average Bonchev–Trinajstić information content (AvgIpc) is 0.814. The maximum atomic E-state index is 12.6. The SMILES string of the molecule is C.CCCCCCCCCCCCCCCCCCCCCCCCCC(=O)NC(COC1OC(CO)C(O)C(O)C1O)C(O)CCC.CCCCCCCCCCCCCCCCCCCCCCCCCC(=O)NC(COCC(O)C(O)C(O)CO)C(O)C(O)CC.CCCCCCCCCCCCCCCCCCCCCCCCCC(=O)NC(COCC(O)C(O)CO)C(O)C(O)CC. The Bertz CT molecular complexity index is 2490. The number of aliphatic hydroxyl groups excluding tert-OH is 16. The van der Waals surface area contributed by atoms with Crippen molar-refractivity contribution < 1.29 is 115 Å². The van der Waals surface area contributed by atoms with Gasteiger partial charge in [0, 0.05) is 19.3 Å². The van der Waals surface area contributed by atoms with Crippen molar-refractivity contribution in [3.8, 4) is 0 Å². The van der Waals surface area contributed by atoms with Crippen molar-refractivity contribution in [3.63, 3.8) is 0 Å². The highest BCUT2D eigenvalue weighted by Gasteiger charge is 2.45. The smallest absolute Gasteiger partial charge is 0.220 e. The van der Waals surface area contributed by atoms with Crippen LogP contribution in [-0.2, 0) is 33.3 Å². The van der Waals surface area contributed by atoms with Gasteiger partial charge in [-0.1, -0.05) is 479 Å². The van der Waals surface area contributed by atoms with Crippen molar-refractivity contribution in [1.82, 2.24) is 16.0 Å². The monoisotopic (exact) mass is 1980 g/mol. The van der Waals surface area contributed by atoms with E-state index in [9.17, 15) is 85.9 Å². The van der Waals surface area contributed by atoms with Crippen LogP contribution in [0.5, 0.6) is 0 Å². The summed E-state index contributed by atoms with van der Waals surface area (Å²) in [5, 5.41) is 165. The Morgan fingerprint density at radius 1 is 0.254 bits per heavy atom. The molecular weight excluding hydrogens is 1760 g/mol. The van der Waals surface area contributed by atoms with Gasteiger partial charge < -0.3 is 117 Å². The van der Waals surface area contributed by atoms with Crippen molar-refractivity contribution in [3.05, 3.63) is 0 Å². The van der Waals surface area contributed by atoms with Crippen molar-refractivity contribution in [1.29, 1.82) is 0 Å². The van der Waals surface area contributed by atoms with Gasteiger partial charge in [0.05, 0.1) is 89.3 Å². The molecule has 0 aliphatic carbocycles. The van der Waals surface area contributed by atoms with Crippen molar-refractivity contribution in [2.24, 2.45) is 0 Å². The molecule has 26 heteroatoms. The highest BCUT2D eigenvalue weighted by Crippen LogP contribution is 2.26. The number of aliphatic hydroxyl groups is 16. The first-order valence-corrected chi connectivity index (χ1v) is 57.5. The zero-order valence-electron chi connectivity index (χ0n) is 88.8. The zero-order valence-corrected chi connectivity index (χ0v) is 88.8. The van der Waals surface area contributed by atoms with E-state index in [1.54, 1.807) is 13.8 Å². The lowest BCUT2D eigenvalue weighted by molar-refractivity contribution is -0.302. The van der Waals surface area contributed by atoms with Crippen molar-refractivity contribution in [2.75, 3.05) is 52.9 Å². The standard InChI is InChI=1S/C38H75NO8.C37H75NO8.C36H73NO7.CH4/c1-3-5-6-7-8-9-10-11-12-13-14-15-16-17-18-19-20-21-22-23-24-25-26-28-34(42)39-31(32(41)27-4-2)30-46-38-37(45)36(44)35(43)33(29-40)47-38;1-3-5-6-7-8-9-10-11-12-13-14-15-16-17-18-19-20-21-22-23-24-25-26-27-35(43)38-31(36(44)32(40)4-2)29-46-30-34(42)37(45)33(41)28-39;1-3-5-6-7-8-9-10-11-12-13-14-15-16-17-18-19-20-21-22-23-24-25-26-27-35(42)37-31(36(43)32(39)4-2)29-44-30-34(41)33(40)28-38;/h31-33,35-38,40-41,43-45H,3-30H2,1-2H3,(H,39,42);31-34,36-37,39-42,44-45H,3-30H2,1-2H3,(H,38,43);31-34,36,38-41,43H,3-30H2,1-2H3,(H,37,42);1H4. The molecule has 0 aromatic rings. The topological polar surface area (TPSA) is 448 Å². The highest BCUT2D eigenvalue weighted by molar-refractivity contribution is 5.77. The number of ether oxygens (including phenoxy) is 4. The molecule has 1 saturated heterocycles. The van der Waals surface area contributed by atoms with E-state index in [0.29, 0.717) is 38.5 Å². The van der Waals surface area contributed by atoms with Gasteiger partial charge in [0.15, 0.2) is 6.29 Å². The second kappa shape index (κ2) is 105. The molecule has 0 spiro atoms. The number of carbonyl (C=O) groups is 3.